The van der Waals surface area contributed by atoms with Gasteiger partial charge in [0.2, 0.25) is 5.91 Å². The number of hydrogen-bond donors (Lipinski definition) is 1. The first-order chi connectivity index (χ1) is 13.6. The molecule has 3 rings (SSSR count). The van der Waals surface area contributed by atoms with E-state index in [2.05, 4.69) is 10.2 Å². The van der Waals surface area contributed by atoms with Crippen molar-refractivity contribution in [2.75, 3.05) is 62.8 Å². The molecule has 2 saturated heterocycles. The average molecular weight is 410 g/mol. The van der Waals surface area contributed by atoms with Crippen LogP contribution in [0.25, 0.3) is 0 Å². The third-order valence-corrected chi connectivity index (χ3v) is 5.52. The summed E-state index contributed by atoms with van der Waals surface area (Å²) in [7, 11) is 0. The Morgan fingerprint density at radius 3 is 2.61 bits per heavy atom. The van der Waals surface area contributed by atoms with E-state index in [1.807, 2.05) is 30.0 Å². The van der Waals surface area contributed by atoms with Gasteiger partial charge in [-0.25, -0.2) is 0 Å². The number of esters is 1. The third-order valence-electron chi connectivity index (χ3n) is 5.21. The van der Waals surface area contributed by atoms with Gasteiger partial charge >= 0.3 is 5.97 Å². The van der Waals surface area contributed by atoms with Crippen LogP contribution in [-0.4, -0.2) is 69.3 Å². The van der Waals surface area contributed by atoms with Gasteiger partial charge in [0.15, 0.2) is 0 Å². The lowest BCUT2D eigenvalue weighted by atomic mass is 9.97. The third kappa shape index (κ3) is 5.08. The summed E-state index contributed by atoms with van der Waals surface area (Å²) in [5, 5.41) is 3.91. The quantitative estimate of drug-likeness (QED) is 0.727. The monoisotopic (exact) mass is 409 g/mol. The second-order valence-corrected chi connectivity index (χ2v) is 7.40. The van der Waals surface area contributed by atoms with Gasteiger partial charge in [0.25, 0.3) is 0 Å². The molecule has 154 valence electrons. The fraction of sp³-hybridized carbons (Fsp3) is 0.600. The number of piperidine rings is 1. The van der Waals surface area contributed by atoms with Crippen LogP contribution in [0.2, 0.25) is 5.02 Å². The predicted molar refractivity (Wildman–Crippen MR) is 109 cm³/mol. The Kier molecular flexibility index (Phi) is 7.39. The summed E-state index contributed by atoms with van der Waals surface area (Å²) in [6.07, 6.45) is 1.31. The second kappa shape index (κ2) is 9.98. The molecular weight excluding hydrogens is 382 g/mol. The van der Waals surface area contributed by atoms with Crippen molar-refractivity contribution < 1.29 is 19.1 Å². The number of carbonyl (C=O) groups is 2. The molecule has 2 heterocycles. The molecule has 0 atom stereocenters. The number of likely N-dealkylation sites (tertiary alicyclic amines) is 1. The SMILES string of the molecule is CCOC(=O)C1CCN(C(=O)CNc2cccc(Cl)c2N2CCOCC2)CC1. The van der Waals surface area contributed by atoms with Gasteiger partial charge < -0.3 is 24.6 Å². The van der Waals surface area contributed by atoms with Gasteiger partial charge in [-0.15, -0.1) is 0 Å². The Balaban J connectivity index is 1.55. The van der Waals surface area contributed by atoms with Crippen molar-refractivity contribution >= 4 is 34.9 Å². The van der Waals surface area contributed by atoms with E-state index in [9.17, 15) is 9.59 Å². The average Bonchev–Trinajstić information content (AvgIpc) is 2.73. The van der Waals surface area contributed by atoms with E-state index in [0.717, 1.165) is 24.5 Å². The molecule has 2 fully saturated rings. The highest BCUT2D eigenvalue weighted by molar-refractivity contribution is 6.34. The number of ether oxygens (including phenoxy) is 2. The summed E-state index contributed by atoms with van der Waals surface area (Å²) in [5.41, 5.74) is 1.77. The minimum absolute atomic E-state index is 0.0233. The van der Waals surface area contributed by atoms with Crippen LogP contribution >= 0.6 is 11.6 Å². The minimum Gasteiger partial charge on any atom is -0.466 e. The number of amides is 1. The number of anilines is 2. The molecule has 0 spiro atoms. The van der Waals surface area contributed by atoms with Crippen LogP contribution in [-0.2, 0) is 19.1 Å². The maximum absolute atomic E-state index is 12.6. The number of nitrogens with zero attached hydrogens (tertiary/aromatic N) is 2. The first-order valence-electron chi connectivity index (χ1n) is 9.89. The summed E-state index contributed by atoms with van der Waals surface area (Å²) < 4.78 is 10.5. The van der Waals surface area contributed by atoms with Gasteiger partial charge in [-0.1, -0.05) is 17.7 Å². The van der Waals surface area contributed by atoms with Crippen molar-refractivity contribution in [3.05, 3.63) is 23.2 Å². The van der Waals surface area contributed by atoms with Crippen LogP contribution < -0.4 is 10.2 Å². The first kappa shape index (κ1) is 20.7. The van der Waals surface area contributed by atoms with E-state index < -0.39 is 0 Å². The number of hydrogen-bond acceptors (Lipinski definition) is 6. The van der Waals surface area contributed by atoms with Gasteiger partial charge in [0.1, 0.15) is 0 Å². The number of benzene rings is 1. The van der Waals surface area contributed by atoms with E-state index >= 15 is 0 Å². The molecule has 2 aliphatic heterocycles. The van der Waals surface area contributed by atoms with Crippen LogP contribution in [0.3, 0.4) is 0 Å². The highest BCUT2D eigenvalue weighted by Crippen LogP contribution is 2.34. The first-order valence-corrected chi connectivity index (χ1v) is 10.3. The van der Waals surface area contributed by atoms with E-state index in [4.69, 9.17) is 21.1 Å². The lowest BCUT2D eigenvalue weighted by Crippen LogP contribution is -2.43. The summed E-state index contributed by atoms with van der Waals surface area (Å²) in [6.45, 7) is 6.43. The van der Waals surface area contributed by atoms with E-state index in [0.29, 0.717) is 50.8 Å². The topological polar surface area (TPSA) is 71.1 Å². The highest BCUT2D eigenvalue weighted by atomic mass is 35.5. The molecule has 0 bridgehead atoms. The van der Waals surface area contributed by atoms with E-state index in [1.165, 1.54) is 0 Å². The Hall–Kier alpha value is -1.99. The number of nitrogens with one attached hydrogen (secondary N) is 1. The zero-order valence-electron chi connectivity index (χ0n) is 16.3. The van der Waals surface area contributed by atoms with Gasteiger partial charge in [0, 0.05) is 26.2 Å². The Bertz CT molecular complexity index is 686. The molecule has 2 aliphatic rings. The summed E-state index contributed by atoms with van der Waals surface area (Å²) in [5.74, 6) is -0.227. The van der Waals surface area contributed by atoms with Crippen LogP contribution in [0.1, 0.15) is 19.8 Å². The molecule has 1 N–H and O–H groups in total. The number of carbonyl (C=O) groups excluding carboxylic acids is 2. The summed E-state index contributed by atoms with van der Waals surface area (Å²) >= 11 is 6.44. The van der Waals surface area contributed by atoms with Crippen LogP contribution in [0, 0.1) is 5.92 Å². The zero-order chi connectivity index (χ0) is 19.9. The highest BCUT2D eigenvalue weighted by Gasteiger charge is 2.28. The number of halogens is 1. The number of rotatable bonds is 6. The Labute approximate surface area is 170 Å². The largest absolute Gasteiger partial charge is 0.466 e. The van der Waals surface area contributed by atoms with Gasteiger partial charge in [-0.05, 0) is 31.9 Å². The Morgan fingerprint density at radius 1 is 1.21 bits per heavy atom. The van der Waals surface area contributed by atoms with Crippen LogP contribution in [0.5, 0.6) is 0 Å². The fourth-order valence-electron chi connectivity index (χ4n) is 3.67. The van der Waals surface area contributed by atoms with Crippen molar-refractivity contribution in [3.8, 4) is 0 Å². The van der Waals surface area contributed by atoms with Crippen molar-refractivity contribution in [2.45, 2.75) is 19.8 Å². The van der Waals surface area contributed by atoms with Crippen LogP contribution in [0.4, 0.5) is 11.4 Å². The van der Waals surface area contributed by atoms with Crippen molar-refractivity contribution in [1.82, 2.24) is 4.90 Å². The molecule has 1 aromatic carbocycles. The standard InChI is InChI=1S/C20H28ClN3O4/c1-2-28-20(26)15-6-8-23(9-7-15)18(25)14-22-17-5-3-4-16(21)19(17)24-10-12-27-13-11-24/h3-5,15,22H,2,6-14H2,1H3. The van der Waals surface area contributed by atoms with E-state index in [1.54, 1.807) is 0 Å². The maximum Gasteiger partial charge on any atom is 0.309 e. The number of para-hydroxylation sites is 1. The molecular formula is C20H28ClN3O4. The van der Waals surface area contributed by atoms with Crippen LogP contribution in [0.15, 0.2) is 18.2 Å². The minimum atomic E-state index is -0.151. The molecule has 0 unspecified atom stereocenters. The summed E-state index contributed by atoms with van der Waals surface area (Å²) in [4.78, 5) is 28.5. The van der Waals surface area contributed by atoms with Crippen molar-refractivity contribution in [3.63, 3.8) is 0 Å². The van der Waals surface area contributed by atoms with Gasteiger partial charge in [0.05, 0.1) is 48.7 Å². The van der Waals surface area contributed by atoms with Crippen molar-refractivity contribution in [2.24, 2.45) is 5.92 Å². The van der Waals surface area contributed by atoms with Gasteiger partial charge in [-0.3, -0.25) is 9.59 Å². The smallest absolute Gasteiger partial charge is 0.309 e. The van der Waals surface area contributed by atoms with E-state index in [-0.39, 0.29) is 24.3 Å². The lowest BCUT2D eigenvalue weighted by Gasteiger charge is -2.32. The molecule has 8 heteroatoms. The van der Waals surface area contributed by atoms with Gasteiger partial charge in [-0.2, -0.15) is 0 Å². The maximum atomic E-state index is 12.6. The second-order valence-electron chi connectivity index (χ2n) is 7.00. The lowest BCUT2D eigenvalue weighted by molar-refractivity contribution is -0.151. The summed E-state index contributed by atoms with van der Waals surface area (Å²) in [6, 6.07) is 5.68. The number of morpholine rings is 1. The molecule has 0 aliphatic carbocycles. The normalized spacial score (nSPS) is 18.1. The molecule has 28 heavy (non-hydrogen) atoms. The zero-order valence-corrected chi connectivity index (χ0v) is 17.0. The molecule has 7 nitrogen and oxygen atoms in total. The fourth-order valence-corrected chi connectivity index (χ4v) is 3.97. The van der Waals surface area contributed by atoms with Crippen molar-refractivity contribution in [1.29, 1.82) is 0 Å². The predicted octanol–water partition coefficient (Wildman–Crippen LogP) is 2.39. The molecule has 0 saturated carbocycles. The molecule has 1 aromatic rings. The molecule has 0 aromatic heterocycles. The Morgan fingerprint density at radius 2 is 1.93 bits per heavy atom. The molecule has 0 radical (unpaired) electrons. The molecule has 1 amide bonds.